The summed E-state index contributed by atoms with van der Waals surface area (Å²) in [6.07, 6.45) is 5.77. The molecule has 5 heteroatoms. The SMILES string of the molecule is CCN(C(=O)c1nc(Cl)ccc1Cl)C1CCCCC1. The molecule has 19 heavy (non-hydrogen) atoms. The molecule has 0 aliphatic heterocycles. The Bertz CT molecular complexity index is 459. The van der Waals surface area contributed by atoms with Crippen molar-refractivity contribution in [2.24, 2.45) is 0 Å². The third-order valence-electron chi connectivity index (χ3n) is 3.63. The van der Waals surface area contributed by atoms with Crippen molar-refractivity contribution in [3.8, 4) is 0 Å². The van der Waals surface area contributed by atoms with Crippen molar-refractivity contribution in [1.29, 1.82) is 0 Å². The number of rotatable bonds is 3. The second-order valence-corrected chi connectivity index (χ2v) is 5.64. The molecular formula is C14H18Cl2N2O. The maximum absolute atomic E-state index is 12.6. The molecule has 0 bridgehead atoms. The minimum absolute atomic E-state index is 0.109. The Balaban J connectivity index is 2.22. The van der Waals surface area contributed by atoms with Crippen LogP contribution in [-0.4, -0.2) is 28.4 Å². The molecule has 0 saturated heterocycles. The van der Waals surface area contributed by atoms with Crippen molar-refractivity contribution in [1.82, 2.24) is 9.88 Å². The average molecular weight is 301 g/mol. The van der Waals surface area contributed by atoms with Gasteiger partial charge in [0.2, 0.25) is 0 Å². The predicted octanol–water partition coefficient (Wildman–Crippen LogP) is 4.18. The fourth-order valence-corrected chi connectivity index (χ4v) is 3.00. The standard InChI is InChI=1S/C14H18Cl2N2O/c1-2-18(10-6-4-3-5-7-10)14(19)13-11(15)8-9-12(16)17-13/h8-10H,2-7H2,1H3. The van der Waals surface area contributed by atoms with Crippen LogP contribution in [-0.2, 0) is 0 Å². The first kappa shape index (κ1) is 14.6. The molecular weight excluding hydrogens is 283 g/mol. The van der Waals surface area contributed by atoms with Crippen molar-refractivity contribution in [2.75, 3.05) is 6.54 Å². The molecule has 1 aliphatic rings. The minimum Gasteiger partial charge on any atom is -0.335 e. The number of amides is 1. The third kappa shape index (κ3) is 3.40. The van der Waals surface area contributed by atoms with Crippen molar-refractivity contribution in [3.05, 3.63) is 28.0 Å². The number of hydrogen-bond donors (Lipinski definition) is 0. The van der Waals surface area contributed by atoms with Crippen LogP contribution in [0.15, 0.2) is 12.1 Å². The van der Waals surface area contributed by atoms with E-state index in [0.717, 1.165) is 12.8 Å². The number of nitrogens with zero attached hydrogens (tertiary/aromatic N) is 2. The van der Waals surface area contributed by atoms with Crippen LogP contribution in [0, 0.1) is 0 Å². The van der Waals surface area contributed by atoms with Gasteiger partial charge in [0.15, 0.2) is 0 Å². The zero-order valence-electron chi connectivity index (χ0n) is 11.0. The molecule has 1 aliphatic carbocycles. The molecule has 0 radical (unpaired) electrons. The Labute approximate surface area is 123 Å². The highest BCUT2D eigenvalue weighted by Gasteiger charge is 2.27. The fraction of sp³-hybridized carbons (Fsp3) is 0.571. The van der Waals surface area contributed by atoms with Gasteiger partial charge in [-0.25, -0.2) is 4.98 Å². The van der Waals surface area contributed by atoms with Gasteiger partial charge in [0, 0.05) is 12.6 Å². The van der Waals surface area contributed by atoms with Gasteiger partial charge >= 0.3 is 0 Å². The number of pyridine rings is 1. The normalized spacial score (nSPS) is 16.4. The van der Waals surface area contributed by atoms with Crippen LogP contribution in [0.25, 0.3) is 0 Å². The molecule has 0 atom stereocenters. The lowest BCUT2D eigenvalue weighted by atomic mass is 9.94. The summed E-state index contributed by atoms with van der Waals surface area (Å²) >= 11 is 11.9. The Morgan fingerprint density at radius 3 is 2.63 bits per heavy atom. The highest BCUT2D eigenvalue weighted by Crippen LogP contribution is 2.25. The summed E-state index contributed by atoms with van der Waals surface area (Å²) in [4.78, 5) is 18.5. The number of carbonyl (C=O) groups is 1. The topological polar surface area (TPSA) is 33.2 Å². The lowest BCUT2D eigenvalue weighted by Gasteiger charge is -2.33. The van der Waals surface area contributed by atoms with Crippen LogP contribution in [0.1, 0.15) is 49.5 Å². The van der Waals surface area contributed by atoms with E-state index in [1.165, 1.54) is 19.3 Å². The largest absolute Gasteiger partial charge is 0.335 e. The summed E-state index contributed by atoms with van der Waals surface area (Å²) in [5, 5.41) is 0.663. The highest BCUT2D eigenvalue weighted by atomic mass is 35.5. The van der Waals surface area contributed by atoms with Crippen molar-refractivity contribution in [3.63, 3.8) is 0 Å². The summed E-state index contributed by atoms with van der Waals surface area (Å²) < 4.78 is 0. The van der Waals surface area contributed by atoms with E-state index in [-0.39, 0.29) is 11.6 Å². The first-order valence-electron chi connectivity index (χ1n) is 6.76. The van der Waals surface area contributed by atoms with Gasteiger partial charge < -0.3 is 4.90 Å². The van der Waals surface area contributed by atoms with Crippen LogP contribution >= 0.6 is 23.2 Å². The van der Waals surface area contributed by atoms with E-state index in [0.29, 0.717) is 22.8 Å². The van der Waals surface area contributed by atoms with E-state index in [9.17, 15) is 4.79 Å². The summed E-state index contributed by atoms with van der Waals surface area (Å²) in [5.74, 6) is -0.109. The first-order chi connectivity index (χ1) is 9.13. The second-order valence-electron chi connectivity index (χ2n) is 4.85. The Morgan fingerprint density at radius 1 is 1.32 bits per heavy atom. The van der Waals surface area contributed by atoms with Gasteiger partial charge in [0.05, 0.1) is 5.02 Å². The molecule has 1 aromatic rings. The number of hydrogen-bond acceptors (Lipinski definition) is 2. The summed E-state index contributed by atoms with van der Waals surface area (Å²) in [7, 11) is 0. The Morgan fingerprint density at radius 2 is 2.00 bits per heavy atom. The summed E-state index contributed by atoms with van der Waals surface area (Å²) in [5.41, 5.74) is 0.265. The number of aromatic nitrogens is 1. The molecule has 0 aromatic carbocycles. The first-order valence-corrected chi connectivity index (χ1v) is 7.52. The molecule has 0 N–H and O–H groups in total. The van der Waals surface area contributed by atoms with Crippen molar-refractivity contribution < 1.29 is 4.79 Å². The van der Waals surface area contributed by atoms with Crippen LogP contribution in [0.4, 0.5) is 0 Å². The molecule has 104 valence electrons. The highest BCUT2D eigenvalue weighted by molar-refractivity contribution is 6.34. The zero-order valence-corrected chi connectivity index (χ0v) is 12.5. The minimum atomic E-state index is -0.109. The molecule has 1 amide bonds. The monoisotopic (exact) mass is 300 g/mol. The van der Waals surface area contributed by atoms with E-state index in [1.807, 2.05) is 11.8 Å². The smallest absolute Gasteiger partial charge is 0.274 e. The second kappa shape index (κ2) is 6.58. The van der Waals surface area contributed by atoms with Gasteiger partial charge in [-0.15, -0.1) is 0 Å². The lowest BCUT2D eigenvalue weighted by Crippen LogP contribution is -2.41. The molecule has 0 spiro atoms. The molecule has 2 rings (SSSR count). The van der Waals surface area contributed by atoms with E-state index < -0.39 is 0 Å². The van der Waals surface area contributed by atoms with Crippen LogP contribution < -0.4 is 0 Å². The zero-order chi connectivity index (χ0) is 13.8. The van der Waals surface area contributed by atoms with E-state index in [4.69, 9.17) is 23.2 Å². The van der Waals surface area contributed by atoms with E-state index >= 15 is 0 Å². The van der Waals surface area contributed by atoms with Crippen molar-refractivity contribution >= 4 is 29.1 Å². The molecule has 3 nitrogen and oxygen atoms in total. The maximum atomic E-state index is 12.6. The average Bonchev–Trinajstić information content (AvgIpc) is 2.43. The van der Waals surface area contributed by atoms with E-state index in [2.05, 4.69) is 4.98 Å². The number of carbonyl (C=O) groups excluding carboxylic acids is 1. The number of halogens is 2. The molecule has 1 saturated carbocycles. The molecule has 1 aromatic heterocycles. The Hall–Kier alpha value is -0.800. The van der Waals surface area contributed by atoms with Crippen LogP contribution in [0.2, 0.25) is 10.2 Å². The molecule has 1 fully saturated rings. The molecule has 0 unspecified atom stereocenters. The predicted molar refractivity (Wildman–Crippen MR) is 77.8 cm³/mol. The quantitative estimate of drug-likeness (QED) is 0.785. The summed E-state index contributed by atoms with van der Waals surface area (Å²) in [6.45, 7) is 2.67. The third-order valence-corrected chi connectivity index (χ3v) is 4.15. The van der Waals surface area contributed by atoms with Crippen LogP contribution in [0.3, 0.4) is 0 Å². The van der Waals surface area contributed by atoms with Gasteiger partial charge in [-0.05, 0) is 31.9 Å². The van der Waals surface area contributed by atoms with Gasteiger partial charge in [0.1, 0.15) is 10.8 Å². The maximum Gasteiger partial charge on any atom is 0.274 e. The van der Waals surface area contributed by atoms with Crippen molar-refractivity contribution in [2.45, 2.75) is 45.1 Å². The van der Waals surface area contributed by atoms with Crippen LogP contribution in [0.5, 0.6) is 0 Å². The Kier molecular flexibility index (Phi) is 5.06. The lowest BCUT2D eigenvalue weighted by molar-refractivity contribution is 0.0642. The van der Waals surface area contributed by atoms with Gasteiger partial charge in [0.25, 0.3) is 5.91 Å². The van der Waals surface area contributed by atoms with Gasteiger partial charge in [-0.3, -0.25) is 4.79 Å². The molecule has 1 heterocycles. The van der Waals surface area contributed by atoms with Gasteiger partial charge in [-0.2, -0.15) is 0 Å². The van der Waals surface area contributed by atoms with Gasteiger partial charge in [-0.1, -0.05) is 42.5 Å². The van der Waals surface area contributed by atoms with E-state index in [1.54, 1.807) is 12.1 Å². The summed E-state index contributed by atoms with van der Waals surface area (Å²) in [6, 6.07) is 3.53. The fourth-order valence-electron chi connectivity index (χ4n) is 2.66.